The number of nitrogens with zero attached hydrogens (tertiary/aromatic N) is 5. The number of hydrogen-bond acceptors (Lipinski definition) is 5. The van der Waals surface area contributed by atoms with Crippen molar-refractivity contribution in [2.24, 2.45) is 0 Å². The molecule has 2 heterocycles. The van der Waals surface area contributed by atoms with Crippen LogP contribution in [0, 0.1) is 6.92 Å². The molecule has 1 aliphatic heterocycles. The second-order valence-corrected chi connectivity index (χ2v) is 8.94. The van der Waals surface area contributed by atoms with Gasteiger partial charge < -0.3 is 14.7 Å². The average Bonchev–Trinajstić information content (AvgIpc) is 2.72. The molecular weight excluding hydrogens is 374 g/mol. The van der Waals surface area contributed by atoms with Gasteiger partial charge in [0.1, 0.15) is 11.6 Å². The van der Waals surface area contributed by atoms with E-state index >= 15 is 0 Å². The van der Waals surface area contributed by atoms with Crippen molar-refractivity contribution in [2.75, 3.05) is 46.2 Å². The van der Waals surface area contributed by atoms with Gasteiger partial charge in [0.05, 0.1) is 11.6 Å². The summed E-state index contributed by atoms with van der Waals surface area (Å²) >= 11 is 0. The van der Waals surface area contributed by atoms with Crippen LogP contribution in [-0.4, -0.2) is 67.0 Å². The quantitative estimate of drug-likeness (QED) is 0.732. The predicted octanol–water partition coefficient (Wildman–Crippen LogP) is 3.42. The van der Waals surface area contributed by atoms with Gasteiger partial charge >= 0.3 is 0 Å². The number of benzene rings is 1. The summed E-state index contributed by atoms with van der Waals surface area (Å²) < 4.78 is 0. The SMILES string of the molecule is Cc1ccc([C@@H](C)C(=O)N2CCC(c3nc(CN(C)C)cc(N(C)C)n3)CC2)cc1. The molecule has 6 nitrogen and oxygen atoms in total. The summed E-state index contributed by atoms with van der Waals surface area (Å²) in [5, 5.41) is 0. The molecule has 0 saturated carbocycles. The van der Waals surface area contributed by atoms with Crippen molar-refractivity contribution >= 4 is 11.7 Å². The van der Waals surface area contributed by atoms with Crippen LogP contribution in [0.25, 0.3) is 0 Å². The Labute approximate surface area is 180 Å². The molecule has 0 aliphatic carbocycles. The summed E-state index contributed by atoms with van der Waals surface area (Å²) in [6, 6.07) is 10.3. The number of carbonyl (C=O) groups excluding carboxylic acids is 1. The van der Waals surface area contributed by atoms with Crippen LogP contribution >= 0.6 is 0 Å². The van der Waals surface area contributed by atoms with Crippen LogP contribution in [0.3, 0.4) is 0 Å². The van der Waals surface area contributed by atoms with Crippen LogP contribution in [0.4, 0.5) is 5.82 Å². The third-order valence-electron chi connectivity index (χ3n) is 5.84. The maximum Gasteiger partial charge on any atom is 0.229 e. The average molecular weight is 410 g/mol. The van der Waals surface area contributed by atoms with E-state index in [0.717, 1.165) is 55.4 Å². The molecule has 0 bridgehead atoms. The molecule has 1 aromatic heterocycles. The van der Waals surface area contributed by atoms with Gasteiger partial charge in [-0.05, 0) is 46.3 Å². The van der Waals surface area contributed by atoms with Crippen LogP contribution < -0.4 is 4.90 Å². The Kier molecular flexibility index (Phi) is 7.08. The van der Waals surface area contributed by atoms with Gasteiger partial charge in [0.2, 0.25) is 5.91 Å². The third kappa shape index (κ3) is 5.36. The minimum Gasteiger partial charge on any atom is -0.363 e. The molecule has 0 unspecified atom stereocenters. The Morgan fingerprint density at radius 3 is 2.30 bits per heavy atom. The fourth-order valence-corrected chi connectivity index (χ4v) is 3.95. The number of piperidine rings is 1. The molecule has 1 atom stereocenters. The highest BCUT2D eigenvalue weighted by molar-refractivity contribution is 5.83. The normalized spacial score (nSPS) is 16.0. The lowest BCUT2D eigenvalue weighted by molar-refractivity contribution is -0.133. The molecule has 3 rings (SSSR count). The molecule has 1 amide bonds. The molecule has 0 spiro atoms. The van der Waals surface area contributed by atoms with Crippen LogP contribution in [0.5, 0.6) is 0 Å². The summed E-state index contributed by atoms with van der Waals surface area (Å²) in [4.78, 5) is 28.9. The van der Waals surface area contributed by atoms with Crippen molar-refractivity contribution in [3.05, 3.63) is 53.0 Å². The van der Waals surface area contributed by atoms with Gasteiger partial charge in [-0.3, -0.25) is 4.79 Å². The molecule has 0 N–H and O–H groups in total. The van der Waals surface area contributed by atoms with Crippen molar-refractivity contribution in [1.29, 1.82) is 0 Å². The van der Waals surface area contributed by atoms with E-state index < -0.39 is 0 Å². The molecule has 1 fully saturated rings. The van der Waals surface area contributed by atoms with E-state index in [2.05, 4.69) is 56.3 Å². The van der Waals surface area contributed by atoms with Crippen LogP contribution in [0.1, 0.15) is 54.2 Å². The Morgan fingerprint density at radius 2 is 1.73 bits per heavy atom. The van der Waals surface area contributed by atoms with Gasteiger partial charge in [0, 0.05) is 45.7 Å². The van der Waals surface area contributed by atoms with Gasteiger partial charge in [0.25, 0.3) is 0 Å². The standard InChI is InChI=1S/C24H35N5O/c1-17-7-9-19(10-8-17)18(2)24(30)29-13-11-20(12-14-29)23-25-21(16-27(3)4)15-22(26-23)28(5)6/h7-10,15,18,20H,11-14,16H2,1-6H3/t18-/m1/s1. The molecule has 1 saturated heterocycles. The Bertz CT molecular complexity index is 854. The predicted molar refractivity (Wildman–Crippen MR) is 122 cm³/mol. The van der Waals surface area contributed by atoms with E-state index in [4.69, 9.17) is 9.97 Å². The number of rotatable bonds is 6. The monoisotopic (exact) mass is 409 g/mol. The van der Waals surface area contributed by atoms with E-state index in [9.17, 15) is 4.79 Å². The molecule has 1 aromatic carbocycles. The lowest BCUT2D eigenvalue weighted by atomic mass is 9.93. The summed E-state index contributed by atoms with van der Waals surface area (Å²) in [6.07, 6.45) is 1.81. The minimum absolute atomic E-state index is 0.109. The maximum atomic E-state index is 13.0. The zero-order valence-electron chi connectivity index (χ0n) is 19.2. The Hall–Kier alpha value is -2.47. The second kappa shape index (κ2) is 9.56. The van der Waals surface area contributed by atoms with E-state index in [1.165, 1.54) is 5.56 Å². The largest absolute Gasteiger partial charge is 0.363 e. The van der Waals surface area contributed by atoms with Gasteiger partial charge in [-0.2, -0.15) is 0 Å². The topological polar surface area (TPSA) is 52.6 Å². The summed E-state index contributed by atoms with van der Waals surface area (Å²) in [7, 11) is 8.13. The number of amides is 1. The molecule has 30 heavy (non-hydrogen) atoms. The lowest BCUT2D eigenvalue weighted by Crippen LogP contribution is -2.40. The van der Waals surface area contributed by atoms with Crippen LogP contribution in [0.15, 0.2) is 30.3 Å². The van der Waals surface area contributed by atoms with Crippen molar-refractivity contribution in [3.63, 3.8) is 0 Å². The Morgan fingerprint density at radius 1 is 1.10 bits per heavy atom. The smallest absolute Gasteiger partial charge is 0.229 e. The zero-order chi connectivity index (χ0) is 21.8. The number of hydrogen-bond donors (Lipinski definition) is 0. The highest BCUT2D eigenvalue weighted by Crippen LogP contribution is 2.29. The van der Waals surface area contributed by atoms with Gasteiger partial charge in [-0.15, -0.1) is 0 Å². The first-order valence-corrected chi connectivity index (χ1v) is 10.8. The molecule has 0 radical (unpaired) electrons. The zero-order valence-corrected chi connectivity index (χ0v) is 19.2. The third-order valence-corrected chi connectivity index (χ3v) is 5.84. The van der Waals surface area contributed by atoms with Gasteiger partial charge in [0.15, 0.2) is 0 Å². The molecule has 1 aliphatic rings. The number of anilines is 1. The minimum atomic E-state index is -0.109. The number of likely N-dealkylation sites (tertiary alicyclic amines) is 1. The van der Waals surface area contributed by atoms with Crippen LogP contribution in [-0.2, 0) is 11.3 Å². The van der Waals surface area contributed by atoms with Crippen molar-refractivity contribution < 1.29 is 4.79 Å². The van der Waals surface area contributed by atoms with Gasteiger partial charge in [-0.25, -0.2) is 9.97 Å². The first kappa shape index (κ1) is 22.2. The molecular formula is C24H35N5O. The van der Waals surface area contributed by atoms with E-state index in [-0.39, 0.29) is 11.8 Å². The van der Waals surface area contributed by atoms with E-state index in [0.29, 0.717) is 5.92 Å². The summed E-state index contributed by atoms with van der Waals surface area (Å²) in [5.74, 6) is 2.26. The summed E-state index contributed by atoms with van der Waals surface area (Å²) in [6.45, 7) is 6.40. The fraction of sp³-hybridized carbons (Fsp3) is 0.542. The number of carbonyl (C=O) groups is 1. The van der Waals surface area contributed by atoms with Crippen molar-refractivity contribution in [2.45, 2.75) is 45.1 Å². The highest BCUT2D eigenvalue weighted by Gasteiger charge is 2.29. The first-order valence-electron chi connectivity index (χ1n) is 10.8. The number of aromatic nitrogens is 2. The Balaban J connectivity index is 1.68. The van der Waals surface area contributed by atoms with Crippen molar-refractivity contribution in [1.82, 2.24) is 19.8 Å². The summed E-state index contributed by atoms with van der Waals surface area (Å²) in [5.41, 5.74) is 3.34. The maximum absolute atomic E-state index is 13.0. The number of aryl methyl sites for hydroxylation is 1. The second-order valence-electron chi connectivity index (χ2n) is 8.94. The molecule has 2 aromatic rings. The van der Waals surface area contributed by atoms with Crippen LogP contribution in [0.2, 0.25) is 0 Å². The van der Waals surface area contributed by atoms with Crippen molar-refractivity contribution in [3.8, 4) is 0 Å². The lowest BCUT2D eigenvalue weighted by Gasteiger charge is -2.33. The highest BCUT2D eigenvalue weighted by atomic mass is 16.2. The van der Waals surface area contributed by atoms with E-state index in [1.807, 2.05) is 30.8 Å². The molecule has 6 heteroatoms. The first-order chi connectivity index (χ1) is 14.2. The fourth-order valence-electron chi connectivity index (χ4n) is 3.95. The molecule has 162 valence electrons. The van der Waals surface area contributed by atoms with Gasteiger partial charge in [-0.1, -0.05) is 29.8 Å². The van der Waals surface area contributed by atoms with E-state index in [1.54, 1.807) is 0 Å².